The Bertz CT molecular complexity index is 393. The third-order valence-electron chi connectivity index (χ3n) is 2.78. The predicted octanol–water partition coefficient (Wildman–Crippen LogP) is 2.69. The van der Waals surface area contributed by atoms with Gasteiger partial charge < -0.3 is 11.1 Å². The Hall–Kier alpha value is -0.580. The first-order chi connectivity index (χ1) is 7.10. The summed E-state index contributed by atoms with van der Waals surface area (Å²) in [5.74, 6) is -0.0770. The van der Waals surface area contributed by atoms with Crippen molar-refractivity contribution in [3.63, 3.8) is 0 Å². The minimum atomic E-state index is -0.637. The maximum Gasteiger partial charge on any atom is 0.244 e. The molecule has 0 saturated heterocycles. The van der Waals surface area contributed by atoms with Crippen LogP contribution in [0, 0.1) is 0 Å². The molecule has 3 N–H and O–H groups in total. The number of hydrogen-bond donors (Lipinski definition) is 2. The van der Waals surface area contributed by atoms with Crippen molar-refractivity contribution >= 4 is 39.9 Å². The number of amides is 1. The average Bonchev–Trinajstić information content (AvgIpc) is 2.14. The molecule has 1 fully saturated rings. The van der Waals surface area contributed by atoms with Gasteiger partial charge in [0.15, 0.2) is 0 Å². The van der Waals surface area contributed by atoms with E-state index in [0.717, 1.165) is 29.4 Å². The molecule has 1 aliphatic carbocycles. The quantitative estimate of drug-likeness (QED) is 0.882. The third kappa shape index (κ3) is 2.75. The molecule has 16 heavy (non-hydrogen) atoms. The molecule has 1 aliphatic rings. The number of nitrogens with two attached hydrogens (primary N) is 1. The van der Waals surface area contributed by atoms with Crippen LogP contribution in [0.1, 0.15) is 19.3 Å². The van der Waals surface area contributed by atoms with Crippen LogP contribution in [-0.4, -0.2) is 11.4 Å². The van der Waals surface area contributed by atoms with Gasteiger partial charge in [-0.3, -0.25) is 4.79 Å². The molecule has 1 aromatic carbocycles. The van der Waals surface area contributed by atoms with Crippen molar-refractivity contribution in [3.05, 3.63) is 28.7 Å². The molecule has 0 spiro atoms. The molecule has 1 aromatic rings. The Kier molecular flexibility index (Phi) is 4.35. The largest absolute Gasteiger partial charge is 0.324 e. The average molecular weight is 306 g/mol. The minimum Gasteiger partial charge on any atom is -0.324 e. The van der Waals surface area contributed by atoms with E-state index in [1.807, 2.05) is 24.3 Å². The van der Waals surface area contributed by atoms with Crippen molar-refractivity contribution in [3.8, 4) is 0 Å². The van der Waals surface area contributed by atoms with E-state index in [0.29, 0.717) is 0 Å². The van der Waals surface area contributed by atoms with Gasteiger partial charge >= 0.3 is 0 Å². The monoisotopic (exact) mass is 304 g/mol. The summed E-state index contributed by atoms with van der Waals surface area (Å²) < 4.78 is 0.944. The summed E-state index contributed by atoms with van der Waals surface area (Å²) in [7, 11) is 0. The molecule has 0 bridgehead atoms. The van der Waals surface area contributed by atoms with Crippen molar-refractivity contribution in [2.24, 2.45) is 5.73 Å². The van der Waals surface area contributed by atoms with Crippen LogP contribution >= 0.6 is 28.3 Å². The number of benzene rings is 1. The van der Waals surface area contributed by atoms with Crippen LogP contribution in [0.4, 0.5) is 5.69 Å². The summed E-state index contributed by atoms with van der Waals surface area (Å²) in [4.78, 5) is 11.8. The van der Waals surface area contributed by atoms with E-state index in [1.54, 1.807) is 0 Å². The van der Waals surface area contributed by atoms with Crippen molar-refractivity contribution in [2.75, 3.05) is 5.32 Å². The molecule has 0 heterocycles. The number of halogens is 2. The number of nitrogens with one attached hydrogen (secondary N) is 1. The summed E-state index contributed by atoms with van der Waals surface area (Å²) >= 11 is 3.35. The number of anilines is 1. The number of carbonyl (C=O) groups is 1. The molecule has 1 amide bonds. The van der Waals surface area contributed by atoms with Crippen LogP contribution in [0.5, 0.6) is 0 Å². The minimum absolute atomic E-state index is 0. The summed E-state index contributed by atoms with van der Waals surface area (Å²) in [6.45, 7) is 0. The molecular formula is C11H14BrClN2O. The highest BCUT2D eigenvalue weighted by atomic mass is 79.9. The Morgan fingerprint density at radius 1 is 1.44 bits per heavy atom. The van der Waals surface area contributed by atoms with Crippen LogP contribution in [0.3, 0.4) is 0 Å². The van der Waals surface area contributed by atoms with Crippen LogP contribution in [0.25, 0.3) is 0 Å². The number of rotatable bonds is 2. The lowest BCUT2D eigenvalue weighted by Crippen LogP contribution is -2.56. The van der Waals surface area contributed by atoms with E-state index in [2.05, 4.69) is 21.2 Å². The molecule has 2 rings (SSSR count). The van der Waals surface area contributed by atoms with Gasteiger partial charge in [-0.2, -0.15) is 0 Å². The smallest absolute Gasteiger partial charge is 0.244 e. The van der Waals surface area contributed by atoms with E-state index in [1.165, 1.54) is 0 Å². The maximum atomic E-state index is 11.8. The zero-order chi connectivity index (χ0) is 10.9. The van der Waals surface area contributed by atoms with Gasteiger partial charge in [0.2, 0.25) is 5.91 Å². The molecule has 88 valence electrons. The standard InChI is InChI=1S/C11H13BrN2O.ClH/c12-8-3-1-4-9(7-8)14-10(15)11(13)5-2-6-11;/h1,3-4,7H,2,5-6,13H2,(H,14,15);1H. The second-order valence-corrected chi connectivity index (χ2v) is 4.89. The molecule has 0 radical (unpaired) electrons. The highest BCUT2D eigenvalue weighted by Crippen LogP contribution is 2.30. The lowest BCUT2D eigenvalue weighted by atomic mass is 9.77. The van der Waals surface area contributed by atoms with E-state index in [-0.39, 0.29) is 18.3 Å². The number of carbonyl (C=O) groups excluding carboxylic acids is 1. The predicted molar refractivity (Wildman–Crippen MR) is 70.8 cm³/mol. The second kappa shape index (κ2) is 5.17. The summed E-state index contributed by atoms with van der Waals surface area (Å²) in [5.41, 5.74) is 6.06. The van der Waals surface area contributed by atoms with Gasteiger partial charge in [0.25, 0.3) is 0 Å². The Balaban J connectivity index is 0.00000128. The van der Waals surface area contributed by atoms with Crippen molar-refractivity contribution in [2.45, 2.75) is 24.8 Å². The lowest BCUT2D eigenvalue weighted by Gasteiger charge is -2.36. The third-order valence-corrected chi connectivity index (χ3v) is 3.27. The fraction of sp³-hybridized carbons (Fsp3) is 0.364. The van der Waals surface area contributed by atoms with Gasteiger partial charge in [0.05, 0.1) is 5.54 Å². The Labute approximate surface area is 109 Å². The van der Waals surface area contributed by atoms with Gasteiger partial charge in [-0.1, -0.05) is 22.0 Å². The normalized spacial score (nSPS) is 16.9. The molecule has 0 unspecified atom stereocenters. The fourth-order valence-corrected chi connectivity index (χ4v) is 2.01. The van der Waals surface area contributed by atoms with E-state index < -0.39 is 5.54 Å². The lowest BCUT2D eigenvalue weighted by molar-refractivity contribution is -0.123. The molecule has 0 aromatic heterocycles. The molecule has 5 heteroatoms. The van der Waals surface area contributed by atoms with E-state index in [9.17, 15) is 4.79 Å². The van der Waals surface area contributed by atoms with Gasteiger partial charge in [-0.05, 0) is 37.5 Å². The van der Waals surface area contributed by atoms with E-state index in [4.69, 9.17) is 5.73 Å². The highest BCUT2D eigenvalue weighted by molar-refractivity contribution is 9.10. The van der Waals surface area contributed by atoms with Crippen molar-refractivity contribution in [1.82, 2.24) is 0 Å². The first kappa shape index (κ1) is 13.5. The van der Waals surface area contributed by atoms with Crippen molar-refractivity contribution in [1.29, 1.82) is 0 Å². The first-order valence-corrected chi connectivity index (χ1v) is 5.75. The second-order valence-electron chi connectivity index (χ2n) is 3.97. The van der Waals surface area contributed by atoms with Crippen LogP contribution in [0.2, 0.25) is 0 Å². The van der Waals surface area contributed by atoms with Crippen LogP contribution in [-0.2, 0) is 4.79 Å². The van der Waals surface area contributed by atoms with Gasteiger partial charge in [-0.25, -0.2) is 0 Å². The maximum absolute atomic E-state index is 11.8. The molecule has 0 atom stereocenters. The molecule has 3 nitrogen and oxygen atoms in total. The van der Waals surface area contributed by atoms with Crippen LogP contribution < -0.4 is 11.1 Å². The molecule has 1 saturated carbocycles. The molecular weight excluding hydrogens is 291 g/mol. The fourth-order valence-electron chi connectivity index (χ4n) is 1.61. The van der Waals surface area contributed by atoms with Gasteiger partial charge in [0, 0.05) is 10.2 Å². The summed E-state index contributed by atoms with van der Waals surface area (Å²) in [5, 5.41) is 2.83. The first-order valence-electron chi connectivity index (χ1n) is 4.96. The molecule has 0 aliphatic heterocycles. The Morgan fingerprint density at radius 3 is 2.62 bits per heavy atom. The SMILES string of the molecule is Cl.NC1(C(=O)Nc2cccc(Br)c2)CCC1. The highest BCUT2D eigenvalue weighted by Gasteiger charge is 2.40. The Morgan fingerprint density at radius 2 is 2.12 bits per heavy atom. The summed E-state index contributed by atoms with van der Waals surface area (Å²) in [6, 6.07) is 7.51. The zero-order valence-electron chi connectivity index (χ0n) is 8.70. The van der Waals surface area contributed by atoms with E-state index >= 15 is 0 Å². The van der Waals surface area contributed by atoms with Crippen LogP contribution in [0.15, 0.2) is 28.7 Å². The summed E-state index contributed by atoms with van der Waals surface area (Å²) in [6.07, 6.45) is 2.61. The topological polar surface area (TPSA) is 55.1 Å². The van der Waals surface area contributed by atoms with Crippen molar-refractivity contribution < 1.29 is 4.79 Å². The van der Waals surface area contributed by atoms with Gasteiger partial charge in [0.1, 0.15) is 0 Å². The number of hydrogen-bond acceptors (Lipinski definition) is 2. The van der Waals surface area contributed by atoms with Gasteiger partial charge in [-0.15, -0.1) is 12.4 Å². The zero-order valence-corrected chi connectivity index (χ0v) is 11.1.